The maximum atomic E-state index is 9.40. The van der Waals surface area contributed by atoms with Crippen LogP contribution in [0.15, 0.2) is 12.1 Å². The molecule has 0 saturated heterocycles. The molecule has 1 fully saturated rings. The Kier molecular flexibility index (Phi) is 5.20. The lowest BCUT2D eigenvalue weighted by atomic mass is 9.94. The summed E-state index contributed by atoms with van der Waals surface area (Å²) >= 11 is 0. The molecule has 0 spiro atoms. The topological polar surface area (TPSA) is 36.4 Å². The van der Waals surface area contributed by atoms with Crippen molar-refractivity contribution in [2.45, 2.75) is 64.5 Å². The summed E-state index contributed by atoms with van der Waals surface area (Å²) in [5, 5.41) is 9.40. The number of hydrogen-bond acceptors (Lipinski definition) is 3. The van der Waals surface area contributed by atoms with E-state index < -0.39 is 0 Å². The first-order valence-electron chi connectivity index (χ1n) is 7.58. The molecule has 3 nitrogen and oxygen atoms in total. The zero-order chi connectivity index (χ0) is 13.7. The molecule has 1 aromatic heterocycles. The Morgan fingerprint density at radius 3 is 2.63 bits per heavy atom. The number of anilines is 1. The lowest BCUT2D eigenvalue weighted by Crippen LogP contribution is -2.34. The third kappa shape index (κ3) is 3.69. The van der Waals surface area contributed by atoms with Crippen LogP contribution in [0, 0.1) is 0 Å². The van der Waals surface area contributed by atoms with E-state index in [1.807, 2.05) is 12.1 Å². The van der Waals surface area contributed by atoms with E-state index in [4.69, 9.17) is 4.98 Å². The molecule has 0 radical (unpaired) electrons. The largest absolute Gasteiger partial charge is 0.392 e. The lowest BCUT2D eigenvalue weighted by Gasteiger charge is -2.32. The van der Waals surface area contributed by atoms with Crippen molar-refractivity contribution in [2.24, 2.45) is 0 Å². The predicted octanol–water partition coefficient (Wildman–Crippen LogP) is 3.30. The van der Waals surface area contributed by atoms with Gasteiger partial charge in [0.15, 0.2) is 0 Å². The van der Waals surface area contributed by atoms with Crippen molar-refractivity contribution < 1.29 is 5.11 Å². The second-order valence-corrected chi connectivity index (χ2v) is 5.64. The van der Waals surface area contributed by atoms with Crippen molar-refractivity contribution >= 4 is 5.82 Å². The molecule has 1 saturated carbocycles. The molecule has 0 amide bonds. The van der Waals surface area contributed by atoms with E-state index in [0.717, 1.165) is 29.9 Å². The van der Waals surface area contributed by atoms with E-state index in [0.29, 0.717) is 6.04 Å². The quantitative estimate of drug-likeness (QED) is 0.884. The van der Waals surface area contributed by atoms with Gasteiger partial charge in [-0.3, -0.25) is 0 Å². The van der Waals surface area contributed by atoms with Gasteiger partial charge in [-0.25, -0.2) is 4.98 Å². The summed E-state index contributed by atoms with van der Waals surface area (Å²) in [6, 6.07) is 4.68. The summed E-state index contributed by atoms with van der Waals surface area (Å²) in [5.74, 6) is 1.03. The third-order valence-corrected chi connectivity index (χ3v) is 4.10. The molecule has 0 atom stereocenters. The molecule has 2 rings (SSSR count). The van der Waals surface area contributed by atoms with E-state index in [1.165, 1.54) is 32.1 Å². The van der Waals surface area contributed by atoms with Gasteiger partial charge >= 0.3 is 0 Å². The fourth-order valence-electron chi connectivity index (χ4n) is 2.94. The van der Waals surface area contributed by atoms with Crippen LogP contribution in [0.25, 0.3) is 0 Å². The first kappa shape index (κ1) is 14.3. The van der Waals surface area contributed by atoms with Crippen LogP contribution in [0.3, 0.4) is 0 Å². The zero-order valence-corrected chi connectivity index (χ0v) is 12.2. The molecule has 1 aliphatic rings. The van der Waals surface area contributed by atoms with Crippen LogP contribution in [0.4, 0.5) is 5.82 Å². The van der Waals surface area contributed by atoms with Gasteiger partial charge in [0.1, 0.15) is 5.82 Å². The minimum absolute atomic E-state index is 0.102. The van der Waals surface area contributed by atoms with E-state index >= 15 is 0 Å². The molecule has 1 aliphatic carbocycles. The normalized spacial score (nSPS) is 16.6. The second-order valence-electron chi connectivity index (χ2n) is 5.64. The van der Waals surface area contributed by atoms with E-state index in [1.54, 1.807) is 0 Å². The second kappa shape index (κ2) is 6.90. The number of hydrogen-bond donors (Lipinski definition) is 1. The van der Waals surface area contributed by atoms with Crippen molar-refractivity contribution in [3.63, 3.8) is 0 Å². The zero-order valence-electron chi connectivity index (χ0n) is 12.2. The highest BCUT2D eigenvalue weighted by Crippen LogP contribution is 2.26. The maximum Gasteiger partial charge on any atom is 0.129 e. The van der Waals surface area contributed by atoms with Crippen LogP contribution in [0.1, 0.15) is 56.7 Å². The highest BCUT2D eigenvalue weighted by atomic mass is 16.3. The van der Waals surface area contributed by atoms with Crippen molar-refractivity contribution in [1.29, 1.82) is 0 Å². The molecular formula is C16H26N2O. The molecule has 0 aromatic carbocycles. The number of aryl methyl sites for hydroxylation is 1. The summed E-state index contributed by atoms with van der Waals surface area (Å²) in [6.45, 7) is 2.27. The van der Waals surface area contributed by atoms with Gasteiger partial charge in [-0.15, -0.1) is 0 Å². The van der Waals surface area contributed by atoms with Crippen molar-refractivity contribution in [3.8, 4) is 0 Å². The van der Waals surface area contributed by atoms with Gasteiger partial charge in [-0.1, -0.05) is 32.6 Å². The molecule has 106 valence electrons. The average Bonchev–Trinajstić information content (AvgIpc) is 2.47. The van der Waals surface area contributed by atoms with Crippen LogP contribution in [-0.2, 0) is 13.0 Å². The fourth-order valence-corrected chi connectivity index (χ4v) is 2.94. The van der Waals surface area contributed by atoms with Crippen LogP contribution in [0.2, 0.25) is 0 Å². The van der Waals surface area contributed by atoms with Crippen molar-refractivity contribution in [3.05, 3.63) is 23.4 Å². The van der Waals surface area contributed by atoms with Gasteiger partial charge in [0.2, 0.25) is 0 Å². The number of nitrogens with zero attached hydrogens (tertiary/aromatic N) is 2. The molecule has 19 heavy (non-hydrogen) atoms. The van der Waals surface area contributed by atoms with E-state index in [2.05, 4.69) is 18.9 Å². The molecule has 0 unspecified atom stereocenters. The van der Waals surface area contributed by atoms with Gasteiger partial charge in [0.05, 0.1) is 6.61 Å². The number of aliphatic hydroxyl groups excluding tert-OH is 1. The molecular weight excluding hydrogens is 236 g/mol. The molecule has 0 aliphatic heterocycles. The summed E-state index contributed by atoms with van der Waals surface area (Å²) in [4.78, 5) is 7.08. The third-order valence-electron chi connectivity index (χ3n) is 4.10. The Labute approximate surface area is 116 Å². The number of aromatic nitrogens is 1. The summed E-state index contributed by atoms with van der Waals surface area (Å²) in [5.41, 5.74) is 2.09. The first-order chi connectivity index (χ1) is 9.24. The van der Waals surface area contributed by atoms with Crippen molar-refractivity contribution in [2.75, 3.05) is 11.9 Å². The highest BCUT2D eigenvalue weighted by molar-refractivity contribution is 5.43. The first-order valence-corrected chi connectivity index (χ1v) is 7.58. The Morgan fingerprint density at radius 1 is 1.26 bits per heavy atom. The Bertz CT molecular complexity index is 400. The van der Waals surface area contributed by atoms with Gasteiger partial charge in [-0.05, 0) is 37.0 Å². The predicted molar refractivity (Wildman–Crippen MR) is 79.4 cm³/mol. The number of aliphatic hydroxyl groups is 1. The van der Waals surface area contributed by atoms with Crippen LogP contribution >= 0.6 is 0 Å². The van der Waals surface area contributed by atoms with Gasteiger partial charge in [-0.2, -0.15) is 0 Å². The Morgan fingerprint density at radius 2 is 2.00 bits per heavy atom. The maximum absolute atomic E-state index is 9.40. The Hall–Kier alpha value is -1.09. The minimum Gasteiger partial charge on any atom is -0.392 e. The summed E-state index contributed by atoms with van der Waals surface area (Å²) in [6.07, 6.45) is 8.64. The standard InChI is InChI=1S/C16H26N2O/c1-3-7-14-10-13(12-19)11-16(17-14)18(2)15-8-5-4-6-9-15/h10-11,15,19H,3-9,12H2,1-2H3. The fraction of sp³-hybridized carbons (Fsp3) is 0.688. The van der Waals surface area contributed by atoms with Gasteiger partial charge in [0.25, 0.3) is 0 Å². The van der Waals surface area contributed by atoms with Crippen molar-refractivity contribution in [1.82, 2.24) is 4.98 Å². The molecule has 1 aromatic rings. The Balaban J connectivity index is 2.18. The monoisotopic (exact) mass is 262 g/mol. The van der Waals surface area contributed by atoms with Crippen LogP contribution in [-0.4, -0.2) is 23.2 Å². The molecule has 1 heterocycles. The van der Waals surface area contributed by atoms with E-state index in [9.17, 15) is 5.11 Å². The molecule has 1 N–H and O–H groups in total. The average molecular weight is 262 g/mol. The minimum atomic E-state index is 0.102. The van der Waals surface area contributed by atoms with Crippen LogP contribution in [0.5, 0.6) is 0 Å². The SMILES string of the molecule is CCCc1cc(CO)cc(N(C)C2CCCCC2)n1. The highest BCUT2D eigenvalue weighted by Gasteiger charge is 2.19. The number of pyridine rings is 1. The van der Waals surface area contributed by atoms with Crippen LogP contribution < -0.4 is 4.90 Å². The van der Waals surface area contributed by atoms with E-state index in [-0.39, 0.29) is 6.61 Å². The molecule has 0 bridgehead atoms. The number of rotatable bonds is 5. The summed E-state index contributed by atoms with van der Waals surface area (Å²) < 4.78 is 0. The summed E-state index contributed by atoms with van der Waals surface area (Å²) in [7, 11) is 2.15. The lowest BCUT2D eigenvalue weighted by molar-refractivity contribution is 0.281. The van der Waals surface area contributed by atoms with Gasteiger partial charge in [0, 0.05) is 18.8 Å². The van der Waals surface area contributed by atoms with Gasteiger partial charge < -0.3 is 10.0 Å². The smallest absolute Gasteiger partial charge is 0.129 e. The molecule has 3 heteroatoms.